The number of aromatic nitrogens is 2. The summed E-state index contributed by atoms with van der Waals surface area (Å²) in [5, 5.41) is 3.93. The third-order valence-electron chi connectivity index (χ3n) is 7.69. The Morgan fingerprint density at radius 2 is 1.31 bits per heavy atom. The molecule has 4 heteroatoms. The summed E-state index contributed by atoms with van der Waals surface area (Å²) in [7, 11) is 3.46. The monoisotopic (exact) mass is 472 g/mol. The van der Waals surface area contributed by atoms with Crippen molar-refractivity contribution in [3.05, 3.63) is 96.2 Å². The molecule has 0 N–H and O–H groups in total. The number of fused-ring (bicyclic) bond motifs is 7. The predicted molar refractivity (Wildman–Crippen MR) is 147 cm³/mol. The van der Waals surface area contributed by atoms with Crippen LogP contribution in [0.5, 0.6) is 11.5 Å². The number of methoxy groups -OCH3 is 2. The first kappa shape index (κ1) is 21.1. The first-order valence-electron chi connectivity index (χ1n) is 12.7. The van der Waals surface area contributed by atoms with Crippen LogP contribution in [0.1, 0.15) is 24.1 Å². The number of hydrogen-bond donors (Lipinski definition) is 0. The molecular formula is C32H28N2O2. The molecule has 4 aromatic carbocycles. The van der Waals surface area contributed by atoms with Crippen LogP contribution in [0.2, 0.25) is 0 Å². The second-order valence-corrected chi connectivity index (χ2v) is 9.58. The highest BCUT2D eigenvalue weighted by atomic mass is 16.5. The number of hydrogen-bond acceptors (Lipinski definition) is 2. The Labute approximate surface area is 210 Å². The molecule has 1 aliphatic rings. The number of nitrogens with zero attached hydrogens (tertiary/aromatic N) is 2. The second kappa shape index (κ2) is 8.20. The van der Waals surface area contributed by atoms with E-state index in [1.54, 1.807) is 14.2 Å². The van der Waals surface area contributed by atoms with Crippen LogP contribution in [-0.2, 0) is 12.8 Å². The van der Waals surface area contributed by atoms with Gasteiger partial charge in [-0.3, -0.25) is 0 Å². The quantitative estimate of drug-likeness (QED) is 0.264. The molecule has 2 aromatic heterocycles. The van der Waals surface area contributed by atoms with Gasteiger partial charge in [-0.2, -0.15) is 0 Å². The molecule has 0 unspecified atom stereocenters. The van der Waals surface area contributed by atoms with Crippen molar-refractivity contribution in [3.63, 3.8) is 0 Å². The van der Waals surface area contributed by atoms with E-state index in [1.165, 1.54) is 56.8 Å². The summed E-state index contributed by atoms with van der Waals surface area (Å²) in [6.45, 7) is 0. The first-order valence-corrected chi connectivity index (χ1v) is 12.7. The van der Waals surface area contributed by atoms with Gasteiger partial charge in [0.25, 0.3) is 0 Å². The van der Waals surface area contributed by atoms with Crippen molar-refractivity contribution in [2.24, 2.45) is 0 Å². The highest BCUT2D eigenvalue weighted by Gasteiger charge is 2.25. The summed E-state index contributed by atoms with van der Waals surface area (Å²) in [5.74, 6) is 1.74. The van der Waals surface area contributed by atoms with Crippen molar-refractivity contribution < 1.29 is 9.47 Å². The van der Waals surface area contributed by atoms with Gasteiger partial charge in [0.05, 0.1) is 30.8 Å². The van der Waals surface area contributed by atoms with E-state index in [1.807, 2.05) is 12.1 Å². The molecule has 0 aliphatic heterocycles. The Hall–Kier alpha value is -4.18. The van der Waals surface area contributed by atoms with Crippen LogP contribution in [0.15, 0.2) is 84.9 Å². The lowest BCUT2D eigenvalue weighted by atomic mass is 9.94. The van der Waals surface area contributed by atoms with Gasteiger partial charge in [0.1, 0.15) is 11.5 Å². The third kappa shape index (κ3) is 3.00. The van der Waals surface area contributed by atoms with E-state index in [9.17, 15) is 0 Å². The molecule has 0 fully saturated rings. The zero-order valence-corrected chi connectivity index (χ0v) is 20.6. The number of rotatable bonds is 4. The van der Waals surface area contributed by atoms with E-state index in [-0.39, 0.29) is 0 Å². The average molecular weight is 473 g/mol. The number of aryl methyl sites for hydroxylation is 1. The predicted octanol–water partition coefficient (Wildman–Crippen LogP) is 7.62. The van der Waals surface area contributed by atoms with Gasteiger partial charge in [0.2, 0.25) is 0 Å². The van der Waals surface area contributed by atoms with E-state index in [0.29, 0.717) is 0 Å². The molecule has 6 aromatic rings. The van der Waals surface area contributed by atoms with E-state index in [4.69, 9.17) is 9.47 Å². The Kier molecular flexibility index (Phi) is 4.81. The number of ether oxygens (including phenoxy) is 2. The smallest absolute Gasteiger partial charge is 0.120 e. The van der Waals surface area contributed by atoms with Crippen molar-refractivity contribution in [1.82, 2.24) is 9.13 Å². The summed E-state index contributed by atoms with van der Waals surface area (Å²) in [4.78, 5) is 0. The molecule has 0 saturated heterocycles. The van der Waals surface area contributed by atoms with Gasteiger partial charge in [-0.15, -0.1) is 0 Å². The molecule has 0 atom stereocenters. The molecule has 36 heavy (non-hydrogen) atoms. The number of benzene rings is 4. The fraction of sp³-hybridized carbons (Fsp3) is 0.188. The van der Waals surface area contributed by atoms with Crippen LogP contribution in [0.25, 0.3) is 44.1 Å². The maximum Gasteiger partial charge on any atom is 0.120 e. The Morgan fingerprint density at radius 1 is 0.611 bits per heavy atom. The van der Waals surface area contributed by atoms with Gasteiger partial charge in [0, 0.05) is 45.4 Å². The highest BCUT2D eigenvalue weighted by molar-refractivity contribution is 6.19. The van der Waals surface area contributed by atoms with Crippen LogP contribution < -0.4 is 9.47 Å². The van der Waals surface area contributed by atoms with Gasteiger partial charge in [-0.1, -0.05) is 36.4 Å². The molecule has 7 rings (SSSR count). The average Bonchev–Trinajstić information content (AvgIpc) is 3.46. The Balaban J connectivity index is 1.66. The van der Waals surface area contributed by atoms with Crippen molar-refractivity contribution in [3.8, 4) is 22.9 Å². The van der Waals surface area contributed by atoms with Gasteiger partial charge < -0.3 is 18.6 Å². The van der Waals surface area contributed by atoms with Crippen LogP contribution in [0.3, 0.4) is 0 Å². The maximum absolute atomic E-state index is 5.61. The molecule has 0 radical (unpaired) electrons. The standard InChI is InChI=1S/C32H28N2O2/c1-35-23-11-7-9-21(19-23)33-29-16-6-4-14-27(29)31-30(33)18-17-26-25-13-3-5-15-28(25)34(32(26)31)22-10-8-12-24(20-22)36-2/h3,5,7-13,15,17-20H,4,6,14,16H2,1-2H3. The van der Waals surface area contributed by atoms with Crippen molar-refractivity contribution >= 4 is 32.7 Å². The lowest BCUT2D eigenvalue weighted by molar-refractivity contribution is 0.414. The highest BCUT2D eigenvalue weighted by Crippen LogP contribution is 2.43. The van der Waals surface area contributed by atoms with Crippen LogP contribution >= 0.6 is 0 Å². The van der Waals surface area contributed by atoms with E-state index < -0.39 is 0 Å². The SMILES string of the molecule is COc1cccc(-n2c3c(c4c2ccc2c5ccccc5n(-c5cccc(OC)c5)c24)CCCC3)c1. The third-order valence-corrected chi connectivity index (χ3v) is 7.69. The minimum absolute atomic E-state index is 0.863. The van der Waals surface area contributed by atoms with E-state index >= 15 is 0 Å². The fourth-order valence-corrected chi connectivity index (χ4v) is 6.14. The minimum Gasteiger partial charge on any atom is -0.497 e. The van der Waals surface area contributed by atoms with E-state index in [0.717, 1.165) is 35.7 Å². The fourth-order valence-electron chi connectivity index (χ4n) is 6.14. The van der Waals surface area contributed by atoms with Crippen molar-refractivity contribution in [1.29, 1.82) is 0 Å². The van der Waals surface area contributed by atoms with Crippen LogP contribution in [-0.4, -0.2) is 23.4 Å². The molecule has 0 saturated carbocycles. The van der Waals surface area contributed by atoms with Gasteiger partial charge in [-0.25, -0.2) is 0 Å². The van der Waals surface area contributed by atoms with Gasteiger partial charge in [0.15, 0.2) is 0 Å². The minimum atomic E-state index is 0.863. The summed E-state index contributed by atoms with van der Waals surface area (Å²) in [5.41, 5.74) is 8.94. The molecule has 0 spiro atoms. The summed E-state index contributed by atoms with van der Waals surface area (Å²) < 4.78 is 16.1. The normalized spacial score (nSPS) is 13.4. The van der Waals surface area contributed by atoms with Crippen LogP contribution in [0.4, 0.5) is 0 Å². The zero-order valence-electron chi connectivity index (χ0n) is 20.6. The largest absolute Gasteiger partial charge is 0.497 e. The molecule has 1 aliphatic carbocycles. The Bertz CT molecular complexity index is 1770. The topological polar surface area (TPSA) is 28.3 Å². The van der Waals surface area contributed by atoms with Crippen molar-refractivity contribution in [2.45, 2.75) is 25.7 Å². The summed E-state index contributed by atoms with van der Waals surface area (Å²) in [6, 6.07) is 30.2. The molecule has 0 bridgehead atoms. The molecular weight excluding hydrogens is 444 g/mol. The molecule has 2 heterocycles. The second-order valence-electron chi connectivity index (χ2n) is 9.58. The van der Waals surface area contributed by atoms with Gasteiger partial charge in [-0.05, 0) is 67.6 Å². The molecule has 4 nitrogen and oxygen atoms in total. The summed E-state index contributed by atoms with van der Waals surface area (Å²) >= 11 is 0. The summed E-state index contributed by atoms with van der Waals surface area (Å²) in [6.07, 6.45) is 4.62. The zero-order chi connectivity index (χ0) is 24.2. The lowest BCUT2D eigenvalue weighted by Crippen LogP contribution is -2.07. The maximum atomic E-state index is 5.61. The molecule has 178 valence electrons. The lowest BCUT2D eigenvalue weighted by Gasteiger charge is -2.16. The van der Waals surface area contributed by atoms with Crippen LogP contribution in [0, 0.1) is 0 Å². The first-order chi connectivity index (χ1) is 17.8. The Morgan fingerprint density at radius 3 is 2.06 bits per heavy atom. The van der Waals surface area contributed by atoms with Crippen molar-refractivity contribution in [2.75, 3.05) is 14.2 Å². The van der Waals surface area contributed by atoms with E-state index in [2.05, 4.69) is 81.9 Å². The van der Waals surface area contributed by atoms with Gasteiger partial charge >= 0.3 is 0 Å². The number of para-hydroxylation sites is 1. The molecule has 0 amide bonds.